The highest BCUT2D eigenvalue weighted by molar-refractivity contribution is 5.43. The Hall–Kier alpha value is -2.81. The zero-order valence-electron chi connectivity index (χ0n) is 20.3. The van der Waals surface area contributed by atoms with Crippen LogP contribution >= 0.6 is 0 Å². The van der Waals surface area contributed by atoms with Gasteiger partial charge in [-0.15, -0.1) is 0 Å². The zero-order chi connectivity index (χ0) is 24.8. The molecule has 3 aromatic rings. The average Bonchev–Trinajstić information content (AvgIpc) is 3.09. The van der Waals surface area contributed by atoms with Gasteiger partial charge in [0, 0.05) is 19.1 Å². The number of aliphatic hydroxyl groups is 1. The first-order valence-electron chi connectivity index (χ1n) is 11.5. The Morgan fingerprint density at radius 2 is 1.71 bits per heavy atom. The van der Waals surface area contributed by atoms with Crippen molar-refractivity contribution in [3.63, 3.8) is 0 Å². The predicted octanol–water partition coefficient (Wildman–Crippen LogP) is 5.25. The molecule has 34 heavy (non-hydrogen) atoms. The van der Waals surface area contributed by atoms with E-state index in [2.05, 4.69) is 10.00 Å². The number of aliphatic hydroxyl groups excluding tert-OH is 1. The minimum absolute atomic E-state index is 0.0270. The normalized spacial score (nSPS) is 12.7. The molecule has 0 aliphatic carbocycles. The van der Waals surface area contributed by atoms with Crippen molar-refractivity contribution < 1.29 is 23.4 Å². The van der Waals surface area contributed by atoms with Gasteiger partial charge in [0.1, 0.15) is 5.82 Å². The zero-order valence-corrected chi connectivity index (χ0v) is 20.3. The third-order valence-electron chi connectivity index (χ3n) is 5.41. The molecule has 6 nitrogen and oxygen atoms in total. The SMILES string of the molecule is Cc1nn(-c2ccc(F)cc2)c(Oc2ccccc2F)c1CN(C[C@H](O)COC(C)C)C(C)C. The van der Waals surface area contributed by atoms with Crippen LogP contribution in [0.3, 0.4) is 0 Å². The molecule has 0 radical (unpaired) electrons. The Kier molecular flexibility index (Phi) is 8.77. The molecule has 3 rings (SSSR count). The summed E-state index contributed by atoms with van der Waals surface area (Å²) in [5.41, 5.74) is 2.02. The van der Waals surface area contributed by atoms with E-state index in [9.17, 15) is 13.9 Å². The van der Waals surface area contributed by atoms with Crippen molar-refractivity contribution in [1.29, 1.82) is 0 Å². The molecule has 0 spiro atoms. The van der Waals surface area contributed by atoms with E-state index in [4.69, 9.17) is 9.47 Å². The van der Waals surface area contributed by atoms with Gasteiger partial charge in [-0.1, -0.05) is 12.1 Å². The van der Waals surface area contributed by atoms with Crippen LogP contribution in [0.4, 0.5) is 8.78 Å². The molecular formula is C26H33F2N3O3. The molecule has 8 heteroatoms. The lowest BCUT2D eigenvalue weighted by Gasteiger charge is -2.29. The largest absolute Gasteiger partial charge is 0.435 e. The molecule has 1 atom stereocenters. The summed E-state index contributed by atoms with van der Waals surface area (Å²) in [4.78, 5) is 2.08. The van der Waals surface area contributed by atoms with Crippen molar-refractivity contribution in [1.82, 2.24) is 14.7 Å². The Morgan fingerprint density at radius 1 is 1.03 bits per heavy atom. The van der Waals surface area contributed by atoms with Crippen molar-refractivity contribution in [2.45, 2.75) is 59.4 Å². The van der Waals surface area contributed by atoms with Gasteiger partial charge in [0.25, 0.3) is 0 Å². The quantitative estimate of drug-likeness (QED) is 0.412. The molecule has 0 aliphatic heterocycles. The summed E-state index contributed by atoms with van der Waals surface area (Å²) < 4.78 is 41.1. The molecule has 0 fully saturated rings. The summed E-state index contributed by atoms with van der Waals surface area (Å²) in [5.74, 6) is -0.464. The van der Waals surface area contributed by atoms with Crippen LogP contribution in [0.1, 0.15) is 39.0 Å². The van der Waals surface area contributed by atoms with Gasteiger partial charge in [-0.2, -0.15) is 5.10 Å². The minimum Gasteiger partial charge on any atom is -0.435 e. The second-order valence-corrected chi connectivity index (χ2v) is 8.85. The lowest BCUT2D eigenvalue weighted by atomic mass is 10.2. The van der Waals surface area contributed by atoms with Gasteiger partial charge in [-0.05, 0) is 71.0 Å². The smallest absolute Gasteiger partial charge is 0.227 e. The number of hydrogen-bond acceptors (Lipinski definition) is 5. The highest BCUT2D eigenvalue weighted by Gasteiger charge is 2.24. The lowest BCUT2D eigenvalue weighted by Crippen LogP contribution is -2.39. The van der Waals surface area contributed by atoms with E-state index in [1.54, 1.807) is 35.0 Å². The Morgan fingerprint density at radius 3 is 2.32 bits per heavy atom. The summed E-state index contributed by atoms with van der Waals surface area (Å²) in [6.07, 6.45) is -0.646. The van der Waals surface area contributed by atoms with Crippen LogP contribution in [0.25, 0.3) is 5.69 Å². The number of nitrogens with zero attached hydrogens (tertiary/aromatic N) is 3. The molecule has 0 aliphatic rings. The Labute approximate surface area is 199 Å². The van der Waals surface area contributed by atoms with Crippen LogP contribution in [0.2, 0.25) is 0 Å². The number of aryl methyl sites for hydroxylation is 1. The fraction of sp³-hybridized carbons (Fsp3) is 0.423. The molecule has 0 saturated carbocycles. The molecule has 184 valence electrons. The number of rotatable bonds is 11. The maximum Gasteiger partial charge on any atom is 0.227 e. The number of aromatic nitrogens is 2. The predicted molar refractivity (Wildman–Crippen MR) is 127 cm³/mol. The molecule has 0 saturated heterocycles. The molecule has 0 amide bonds. The van der Waals surface area contributed by atoms with Gasteiger partial charge < -0.3 is 14.6 Å². The molecule has 1 N–H and O–H groups in total. The van der Waals surface area contributed by atoms with Crippen LogP contribution in [0.5, 0.6) is 11.6 Å². The standard InChI is InChI=1S/C26H33F2N3O3/c1-17(2)30(14-22(32)16-33-18(3)4)15-23-19(5)29-31(21-12-10-20(27)11-13-21)26(23)34-25-9-7-6-8-24(25)28/h6-13,17-18,22,32H,14-16H2,1-5H3/t22-/m0/s1. The molecule has 0 bridgehead atoms. The second-order valence-electron chi connectivity index (χ2n) is 8.85. The summed E-state index contributed by atoms with van der Waals surface area (Å²) in [5, 5.41) is 15.1. The average molecular weight is 474 g/mol. The molecule has 2 aromatic carbocycles. The van der Waals surface area contributed by atoms with Gasteiger partial charge in [-0.25, -0.2) is 13.5 Å². The summed E-state index contributed by atoms with van der Waals surface area (Å²) in [6.45, 7) is 10.8. The van der Waals surface area contributed by atoms with Crippen molar-refractivity contribution in [2.24, 2.45) is 0 Å². The lowest BCUT2D eigenvalue weighted by molar-refractivity contribution is -0.0137. The van der Waals surface area contributed by atoms with Gasteiger partial charge in [0.05, 0.1) is 35.8 Å². The molecule has 0 unspecified atom stereocenters. The Bertz CT molecular complexity index is 1070. The molecule has 1 heterocycles. The van der Waals surface area contributed by atoms with Gasteiger partial charge in [0.2, 0.25) is 5.88 Å². The van der Waals surface area contributed by atoms with Crippen molar-refractivity contribution in [3.8, 4) is 17.3 Å². The van der Waals surface area contributed by atoms with Crippen molar-refractivity contribution in [3.05, 3.63) is 71.4 Å². The summed E-state index contributed by atoms with van der Waals surface area (Å²) in [6, 6.07) is 12.1. The fourth-order valence-corrected chi connectivity index (χ4v) is 3.50. The van der Waals surface area contributed by atoms with Gasteiger partial charge in [0.15, 0.2) is 11.6 Å². The second kappa shape index (κ2) is 11.6. The number of hydrogen-bond donors (Lipinski definition) is 1. The maximum atomic E-state index is 14.5. The number of halogens is 2. The van der Waals surface area contributed by atoms with E-state index in [1.807, 2.05) is 34.6 Å². The summed E-state index contributed by atoms with van der Waals surface area (Å²) in [7, 11) is 0. The first kappa shape index (κ1) is 25.8. The molecular weight excluding hydrogens is 440 g/mol. The third kappa shape index (κ3) is 6.62. The third-order valence-corrected chi connectivity index (χ3v) is 5.41. The number of benzene rings is 2. The van der Waals surface area contributed by atoms with E-state index in [0.29, 0.717) is 30.4 Å². The van der Waals surface area contributed by atoms with E-state index >= 15 is 0 Å². The first-order chi connectivity index (χ1) is 16.2. The van der Waals surface area contributed by atoms with E-state index in [0.717, 1.165) is 5.56 Å². The molecule has 1 aromatic heterocycles. The Balaban J connectivity index is 1.97. The maximum absolute atomic E-state index is 14.5. The number of para-hydroxylation sites is 1. The minimum atomic E-state index is -0.673. The van der Waals surface area contributed by atoms with Crippen LogP contribution in [0.15, 0.2) is 48.5 Å². The van der Waals surface area contributed by atoms with Gasteiger partial charge in [-0.3, -0.25) is 4.90 Å². The van der Waals surface area contributed by atoms with Gasteiger partial charge >= 0.3 is 0 Å². The monoisotopic (exact) mass is 473 g/mol. The highest BCUT2D eigenvalue weighted by atomic mass is 19.1. The fourth-order valence-electron chi connectivity index (χ4n) is 3.50. The topological polar surface area (TPSA) is 59.8 Å². The van der Waals surface area contributed by atoms with Crippen molar-refractivity contribution >= 4 is 0 Å². The summed E-state index contributed by atoms with van der Waals surface area (Å²) >= 11 is 0. The van der Waals surface area contributed by atoms with Crippen molar-refractivity contribution in [2.75, 3.05) is 13.2 Å². The first-order valence-corrected chi connectivity index (χ1v) is 11.5. The van der Waals surface area contributed by atoms with E-state index in [1.165, 1.54) is 18.2 Å². The van der Waals surface area contributed by atoms with E-state index in [-0.39, 0.29) is 30.3 Å². The van der Waals surface area contributed by atoms with Crippen LogP contribution in [-0.2, 0) is 11.3 Å². The van der Waals surface area contributed by atoms with Crippen LogP contribution in [-0.4, -0.2) is 51.2 Å². The number of ether oxygens (including phenoxy) is 2. The van der Waals surface area contributed by atoms with Crippen LogP contribution in [0, 0.1) is 18.6 Å². The van der Waals surface area contributed by atoms with Crippen LogP contribution < -0.4 is 4.74 Å². The highest BCUT2D eigenvalue weighted by Crippen LogP contribution is 2.33. The van der Waals surface area contributed by atoms with E-state index < -0.39 is 11.9 Å².